The first-order valence-corrected chi connectivity index (χ1v) is 10.1. The molecule has 0 saturated carbocycles. The van der Waals surface area contributed by atoms with Gasteiger partial charge in [0.15, 0.2) is 11.6 Å². The molecule has 7 heteroatoms. The Hall–Kier alpha value is -1.89. The Labute approximate surface area is 141 Å². The number of ether oxygens (including phenoxy) is 1. The minimum absolute atomic E-state index is 0.194. The quantitative estimate of drug-likeness (QED) is 0.918. The van der Waals surface area contributed by atoms with E-state index in [9.17, 15) is 8.60 Å². The van der Waals surface area contributed by atoms with E-state index in [1.54, 1.807) is 12.3 Å². The molecule has 0 aliphatic carbocycles. The van der Waals surface area contributed by atoms with Crippen molar-refractivity contribution < 1.29 is 13.3 Å². The highest BCUT2D eigenvalue weighted by Crippen LogP contribution is 2.32. The average molecular weight is 351 g/mol. The summed E-state index contributed by atoms with van der Waals surface area (Å²) in [6, 6.07) is 5.00. The molecule has 1 aromatic carbocycles. The number of benzene rings is 1. The molecule has 1 saturated heterocycles. The van der Waals surface area contributed by atoms with Gasteiger partial charge in [-0.25, -0.2) is 4.39 Å². The fourth-order valence-electron chi connectivity index (χ4n) is 3.36. The number of nitrogens with zero attached hydrogens (tertiary/aromatic N) is 2. The molecule has 0 spiro atoms. The number of hydrogen-bond acceptors (Lipinski definition) is 5. The number of nitrogens with one attached hydrogen (secondary N) is 1. The zero-order valence-corrected chi connectivity index (χ0v) is 14.7. The van der Waals surface area contributed by atoms with E-state index in [2.05, 4.69) is 9.88 Å². The lowest BCUT2D eigenvalue weighted by molar-refractivity contribution is 0.387. The summed E-state index contributed by atoms with van der Waals surface area (Å²) in [7, 11) is -1.00. The summed E-state index contributed by atoms with van der Waals surface area (Å²) >= 11 is 0. The van der Waals surface area contributed by atoms with E-state index in [4.69, 9.17) is 9.52 Å². The molecule has 130 valence electrons. The molecular formula is C17H22FN3O2S. The zero-order valence-electron chi connectivity index (χ0n) is 13.9. The van der Waals surface area contributed by atoms with Crippen LogP contribution in [0.25, 0.3) is 10.9 Å². The fraction of sp³-hybridized carbons (Fsp3) is 0.471. The molecule has 0 unspecified atom stereocenters. The van der Waals surface area contributed by atoms with Crippen molar-refractivity contribution in [1.29, 1.82) is 4.78 Å². The maximum atomic E-state index is 14.1. The molecular weight excluding hydrogens is 329 g/mol. The van der Waals surface area contributed by atoms with Crippen LogP contribution in [-0.4, -0.2) is 41.4 Å². The molecule has 1 aromatic heterocycles. The van der Waals surface area contributed by atoms with Crippen LogP contribution >= 0.6 is 0 Å². The Bertz CT molecular complexity index is 846. The van der Waals surface area contributed by atoms with E-state index in [0.29, 0.717) is 17.2 Å². The summed E-state index contributed by atoms with van der Waals surface area (Å²) in [5, 5.41) is 0.772. The van der Waals surface area contributed by atoms with Crippen LogP contribution in [0, 0.1) is 16.5 Å². The molecule has 1 atom stereocenters. The van der Waals surface area contributed by atoms with E-state index in [0.717, 1.165) is 37.0 Å². The molecule has 1 N–H and O–H groups in total. The SMILES string of the molecule is COc1cc2nccc(N3CCC(C[S@@](C)(=N)=O)CC3)c2cc1F. The Morgan fingerprint density at radius 2 is 2.12 bits per heavy atom. The summed E-state index contributed by atoms with van der Waals surface area (Å²) in [6.45, 7) is 1.62. The van der Waals surface area contributed by atoms with Gasteiger partial charge in [-0.05, 0) is 30.9 Å². The van der Waals surface area contributed by atoms with Crippen molar-refractivity contribution in [3.8, 4) is 5.75 Å². The van der Waals surface area contributed by atoms with Gasteiger partial charge in [0.05, 0.1) is 12.6 Å². The van der Waals surface area contributed by atoms with Crippen LogP contribution in [0.4, 0.5) is 10.1 Å². The molecule has 1 aliphatic heterocycles. The van der Waals surface area contributed by atoms with Gasteiger partial charge in [-0.15, -0.1) is 0 Å². The van der Waals surface area contributed by atoms with Gasteiger partial charge in [0, 0.05) is 58.2 Å². The van der Waals surface area contributed by atoms with Crippen molar-refractivity contribution in [3.63, 3.8) is 0 Å². The third-order valence-electron chi connectivity index (χ3n) is 4.50. The van der Waals surface area contributed by atoms with Crippen LogP contribution in [0.15, 0.2) is 24.4 Å². The van der Waals surface area contributed by atoms with Gasteiger partial charge < -0.3 is 9.64 Å². The smallest absolute Gasteiger partial charge is 0.165 e. The normalized spacial score (nSPS) is 18.5. The van der Waals surface area contributed by atoms with E-state index >= 15 is 0 Å². The first-order valence-electron chi connectivity index (χ1n) is 7.96. The van der Waals surface area contributed by atoms with Gasteiger partial charge >= 0.3 is 0 Å². The van der Waals surface area contributed by atoms with Crippen molar-refractivity contribution in [2.75, 3.05) is 37.1 Å². The number of halogens is 1. The Morgan fingerprint density at radius 3 is 2.75 bits per heavy atom. The second-order valence-electron chi connectivity index (χ2n) is 6.44. The summed E-state index contributed by atoms with van der Waals surface area (Å²) in [6.07, 6.45) is 5.02. The minimum atomic E-state index is -2.45. The second kappa shape index (κ2) is 6.55. The van der Waals surface area contributed by atoms with Crippen molar-refractivity contribution in [2.24, 2.45) is 5.92 Å². The lowest BCUT2D eigenvalue weighted by Crippen LogP contribution is -2.35. The van der Waals surface area contributed by atoms with Crippen LogP contribution in [0.3, 0.4) is 0 Å². The van der Waals surface area contributed by atoms with Gasteiger partial charge in [0.1, 0.15) is 0 Å². The standard InChI is InChI=1S/C17H22FN3O2S/c1-23-17-10-15-13(9-14(17)18)16(3-6-20-15)21-7-4-12(5-8-21)11-24(2,19)22/h3,6,9-10,12,19H,4-5,7-8,11H2,1-2H3/t24-/m0/s1. The third-order valence-corrected chi connectivity index (χ3v) is 5.61. The Balaban J connectivity index is 1.84. The molecule has 0 radical (unpaired) electrons. The number of anilines is 1. The van der Waals surface area contributed by atoms with Gasteiger partial charge in [-0.2, -0.15) is 0 Å². The van der Waals surface area contributed by atoms with Crippen molar-refractivity contribution in [3.05, 3.63) is 30.2 Å². The lowest BCUT2D eigenvalue weighted by Gasteiger charge is -2.34. The molecule has 3 rings (SSSR count). The van der Waals surface area contributed by atoms with Crippen LogP contribution in [0.5, 0.6) is 5.75 Å². The molecule has 2 aromatic rings. The molecule has 1 fully saturated rings. The van der Waals surface area contributed by atoms with E-state index < -0.39 is 15.5 Å². The summed E-state index contributed by atoms with van der Waals surface area (Å²) in [5.41, 5.74) is 1.67. The zero-order chi connectivity index (χ0) is 17.3. The van der Waals surface area contributed by atoms with Gasteiger partial charge in [0.25, 0.3) is 0 Å². The highest BCUT2D eigenvalue weighted by atomic mass is 32.2. The van der Waals surface area contributed by atoms with Crippen LogP contribution in [-0.2, 0) is 9.73 Å². The molecule has 2 heterocycles. The molecule has 1 aliphatic rings. The monoisotopic (exact) mass is 351 g/mol. The maximum Gasteiger partial charge on any atom is 0.165 e. The number of hydrogen-bond donors (Lipinski definition) is 1. The lowest BCUT2D eigenvalue weighted by atomic mass is 9.98. The Morgan fingerprint density at radius 1 is 1.42 bits per heavy atom. The fourth-order valence-corrected chi connectivity index (χ4v) is 4.59. The van der Waals surface area contributed by atoms with Crippen molar-refractivity contribution in [2.45, 2.75) is 12.8 Å². The second-order valence-corrected chi connectivity index (χ2v) is 8.78. The number of rotatable bonds is 4. The molecule has 24 heavy (non-hydrogen) atoms. The number of methoxy groups -OCH3 is 1. The van der Waals surface area contributed by atoms with Crippen LogP contribution in [0.2, 0.25) is 0 Å². The largest absolute Gasteiger partial charge is 0.494 e. The predicted molar refractivity (Wildman–Crippen MR) is 94.8 cm³/mol. The van der Waals surface area contributed by atoms with Gasteiger partial charge in [-0.1, -0.05) is 0 Å². The van der Waals surface area contributed by atoms with Crippen molar-refractivity contribution in [1.82, 2.24) is 4.98 Å². The van der Waals surface area contributed by atoms with E-state index in [1.165, 1.54) is 19.4 Å². The van der Waals surface area contributed by atoms with Gasteiger partial charge in [0.2, 0.25) is 0 Å². The highest BCUT2D eigenvalue weighted by Gasteiger charge is 2.23. The third kappa shape index (κ3) is 3.61. The summed E-state index contributed by atoms with van der Waals surface area (Å²) in [5.74, 6) is 0.582. The first kappa shape index (κ1) is 17.0. The first-order chi connectivity index (χ1) is 11.4. The molecule has 0 bridgehead atoms. The molecule has 5 nitrogen and oxygen atoms in total. The van der Waals surface area contributed by atoms with Gasteiger partial charge in [-0.3, -0.25) is 14.0 Å². The molecule has 0 amide bonds. The van der Waals surface area contributed by atoms with Crippen LogP contribution < -0.4 is 9.64 Å². The summed E-state index contributed by atoms with van der Waals surface area (Å²) < 4.78 is 38.4. The topological polar surface area (TPSA) is 66.3 Å². The average Bonchev–Trinajstić information content (AvgIpc) is 2.53. The van der Waals surface area contributed by atoms with E-state index in [-0.39, 0.29) is 5.75 Å². The number of aromatic nitrogens is 1. The number of pyridine rings is 1. The van der Waals surface area contributed by atoms with Crippen LogP contribution in [0.1, 0.15) is 12.8 Å². The number of piperidine rings is 1. The minimum Gasteiger partial charge on any atom is -0.494 e. The Kier molecular flexibility index (Phi) is 4.62. The van der Waals surface area contributed by atoms with E-state index in [1.807, 2.05) is 6.07 Å². The highest BCUT2D eigenvalue weighted by molar-refractivity contribution is 7.91. The number of fused-ring (bicyclic) bond motifs is 1. The maximum absolute atomic E-state index is 14.1. The summed E-state index contributed by atoms with van der Waals surface area (Å²) in [4.78, 5) is 6.53. The van der Waals surface area contributed by atoms with Crippen molar-refractivity contribution >= 4 is 26.3 Å². The predicted octanol–water partition coefficient (Wildman–Crippen LogP) is 3.28.